The number of amides is 1. The third-order valence-electron chi connectivity index (χ3n) is 4.04. The van der Waals surface area contributed by atoms with Gasteiger partial charge in [0.2, 0.25) is 5.91 Å². The summed E-state index contributed by atoms with van der Waals surface area (Å²) < 4.78 is 5.15. The molecule has 1 aromatic heterocycles. The van der Waals surface area contributed by atoms with Crippen LogP contribution in [0.1, 0.15) is 17.7 Å². The molecule has 26 heavy (non-hydrogen) atoms. The maximum atomic E-state index is 12.1. The van der Waals surface area contributed by atoms with Gasteiger partial charge in [-0.15, -0.1) is 11.3 Å². The van der Waals surface area contributed by atoms with Crippen molar-refractivity contribution in [2.75, 3.05) is 13.7 Å². The molecule has 1 heterocycles. The second-order valence-corrected chi connectivity index (χ2v) is 6.85. The molecule has 5 heteroatoms. The van der Waals surface area contributed by atoms with Crippen LogP contribution < -0.4 is 10.1 Å². The zero-order valence-electron chi connectivity index (χ0n) is 14.8. The first-order valence-electron chi connectivity index (χ1n) is 8.64. The van der Waals surface area contributed by atoms with E-state index in [1.807, 2.05) is 47.8 Å². The number of nitrogens with one attached hydrogen (secondary N) is 1. The monoisotopic (exact) mass is 366 g/mol. The number of carbonyl (C=O) groups excluding carboxylic acids is 1. The standard InChI is InChI=1S/C21H22N2O2S/c1-25-19-11-9-16(10-12-19)6-5-13-22-20(24)14-18-15-26-21(23-18)17-7-3-2-4-8-17/h2-4,7-12,15H,5-6,13-14H2,1H3,(H,22,24). The Balaban J connectivity index is 1.41. The number of nitrogens with zero attached hydrogens (tertiary/aromatic N) is 1. The highest BCUT2D eigenvalue weighted by Gasteiger charge is 2.08. The molecule has 1 amide bonds. The van der Waals surface area contributed by atoms with Crippen molar-refractivity contribution in [2.45, 2.75) is 19.3 Å². The van der Waals surface area contributed by atoms with Gasteiger partial charge in [0.1, 0.15) is 10.8 Å². The van der Waals surface area contributed by atoms with Gasteiger partial charge in [0.15, 0.2) is 0 Å². The fourth-order valence-corrected chi connectivity index (χ4v) is 3.47. The quantitative estimate of drug-likeness (QED) is 0.611. The van der Waals surface area contributed by atoms with E-state index < -0.39 is 0 Å². The highest BCUT2D eigenvalue weighted by atomic mass is 32.1. The third-order valence-corrected chi connectivity index (χ3v) is 4.98. The number of thiazole rings is 1. The predicted octanol–water partition coefficient (Wildman–Crippen LogP) is 4.11. The number of methoxy groups -OCH3 is 1. The van der Waals surface area contributed by atoms with Crippen LogP contribution in [0, 0.1) is 0 Å². The summed E-state index contributed by atoms with van der Waals surface area (Å²) in [5.74, 6) is 0.879. The number of rotatable bonds is 8. The zero-order chi connectivity index (χ0) is 18.2. The lowest BCUT2D eigenvalue weighted by Crippen LogP contribution is -2.26. The Kier molecular flexibility index (Phi) is 6.39. The van der Waals surface area contributed by atoms with E-state index in [2.05, 4.69) is 22.4 Å². The van der Waals surface area contributed by atoms with Crippen LogP contribution in [-0.4, -0.2) is 24.5 Å². The molecule has 0 saturated heterocycles. The largest absolute Gasteiger partial charge is 0.497 e. The first-order chi connectivity index (χ1) is 12.7. The third kappa shape index (κ3) is 5.17. The summed E-state index contributed by atoms with van der Waals surface area (Å²) in [5.41, 5.74) is 3.15. The fourth-order valence-electron chi connectivity index (χ4n) is 2.64. The summed E-state index contributed by atoms with van der Waals surface area (Å²) in [5, 5.41) is 5.88. The maximum absolute atomic E-state index is 12.1. The molecule has 0 fully saturated rings. The first kappa shape index (κ1) is 18.1. The van der Waals surface area contributed by atoms with Crippen LogP contribution in [-0.2, 0) is 17.6 Å². The van der Waals surface area contributed by atoms with Gasteiger partial charge in [-0.1, -0.05) is 42.5 Å². The molecule has 1 N–H and O–H groups in total. The van der Waals surface area contributed by atoms with Gasteiger partial charge in [-0.05, 0) is 30.5 Å². The van der Waals surface area contributed by atoms with E-state index >= 15 is 0 Å². The number of carbonyl (C=O) groups is 1. The van der Waals surface area contributed by atoms with Crippen molar-refractivity contribution in [3.05, 3.63) is 71.2 Å². The van der Waals surface area contributed by atoms with Crippen LogP contribution in [0.5, 0.6) is 5.75 Å². The smallest absolute Gasteiger partial charge is 0.226 e. The molecule has 2 aromatic carbocycles. The molecule has 0 aliphatic carbocycles. The van der Waals surface area contributed by atoms with E-state index in [1.54, 1.807) is 18.4 Å². The minimum absolute atomic E-state index is 0.0182. The maximum Gasteiger partial charge on any atom is 0.226 e. The van der Waals surface area contributed by atoms with Crippen molar-refractivity contribution in [1.29, 1.82) is 0 Å². The molecule has 0 aliphatic rings. The Morgan fingerprint density at radius 2 is 1.88 bits per heavy atom. The van der Waals surface area contributed by atoms with Crippen molar-refractivity contribution in [3.63, 3.8) is 0 Å². The molecule has 0 atom stereocenters. The second kappa shape index (κ2) is 9.15. The van der Waals surface area contributed by atoms with Gasteiger partial charge in [0, 0.05) is 17.5 Å². The predicted molar refractivity (Wildman–Crippen MR) is 106 cm³/mol. The SMILES string of the molecule is COc1ccc(CCCNC(=O)Cc2csc(-c3ccccc3)n2)cc1. The van der Waals surface area contributed by atoms with Crippen LogP contribution >= 0.6 is 11.3 Å². The Bertz CT molecular complexity index is 829. The average molecular weight is 366 g/mol. The lowest BCUT2D eigenvalue weighted by atomic mass is 10.1. The lowest BCUT2D eigenvalue weighted by molar-refractivity contribution is -0.120. The fraction of sp³-hybridized carbons (Fsp3) is 0.238. The Morgan fingerprint density at radius 3 is 2.62 bits per heavy atom. The molecule has 3 rings (SSSR count). The second-order valence-electron chi connectivity index (χ2n) is 5.99. The van der Waals surface area contributed by atoms with E-state index in [0.717, 1.165) is 34.9 Å². The Morgan fingerprint density at radius 1 is 1.12 bits per heavy atom. The molecular weight excluding hydrogens is 344 g/mol. The van der Waals surface area contributed by atoms with Crippen molar-refractivity contribution < 1.29 is 9.53 Å². The molecule has 0 aliphatic heterocycles. The lowest BCUT2D eigenvalue weighted by Gasteiger charge is -2.05. The molecular formula is C21H22N2O2S. The molecule has 4 nitrogen and oxygen atoms in total. The number of hydrogen-bond donors (Lipinski definition) is 1. The van der Waals surface area contributed by atoms with Gasteiger partial charge in [0.05, 0.1) is 19.2 Å². The summed E-state index contributed by atoms with van der Waals surface area (Å²) in [4.78, 5) is 16.6. The highest BCUT2D eigenvalue weighted by Crippen LogP contribution is 2.23. The zero-order valence-corrected chi connectivity index (χ0v) is 15.6. The normalized spacial score (nSPS) is 10.5. The molecule has 0 spiro atoms. The van der Waals surface area contributed by atoms with Gasteiger partial charge >= 0.3 is 0 Å². The topological polar surface area (TPSA) is 51.2 Å². The molecule has 0 unspecified atom stereocenters. The molecule has 3 aromatic rings. The van der Waals surface area contributed by atoms with Crippen molar-refractivity contribution in [3.8, 4) is 16.3 Å². The molecule has 0 saturated carbocycles. The Hall–Kier alpha value is -2.66. The number of ether oxygens (including phenoxy) is 1. The highest BCUT2D eigenvalue weighted by molar-refractivity contribution is 7.13. The summed E-state index contributed by atoms with van der Waals surface area (Å²) in [6, 6.07) is 18.1. The first-order valence-corrected chi connectivity index (χ1v) is 9.52. The number of hydrogen-bond acceptors (Lipinski definition) is 4. The number of benzene rings is 2. The van der Waals surface area contributed by atoms with Crippen LogP contribution in [0.25, 0.3) is 10.6 Å². The van der Waals surface area contributed by atoms with Crippen molar-refractivity contribution in [2.24, 2.45) is 0 Å². The molecule has 134 valence electrons. The van der Waals surface area contributed by atoms with Crippen LogP contribution in [0.2, 0.25) is 0 Å². The van der Waals surface area contributed by atoms with Crippen molar-refractivity contribution in [1.82, 2.24) is 10.3 Å². The summed E-state index contributed by atoms with van der Waals surface area (Å²) in [6.07, 6.45) is 2.16. The number of aromatic nitrogens is 1. The van der Waals surface area contributed by atoms with Crippen LogP contribution in [0.3, 0.4) is 0 Å². The van der Waals surface area contributed by atoms with E-state index in [0.29, 0.717) is 13.0 Å². The van der Waals surface area contributed by atoms with Crippen LogP contribution in [0.4, 0.5) is 0 Å². The minimum Gasteiger partial charge on any atom is -0.497 e. The van der Waals surface area contributed by atoms with Gasteiger partial charge in [-0.25, -0.2) is 4.98 Å². The average Bonchev–Trinajstić information content (AvgIpc) is 3.15. The van der Waals surface area contributed by atoms with Gasteiger partial charge < -0.3 is 10.1 Å². The van der Waals surface area contributed by atoms with Crippen LogP contribution in [0.15, 0.2) is 60.0 Å². The molecule has 0 bridgehead atoms. The van der Waals surface area contributed by atoms with E-state index in [-0.39, 0.29) is 5.91 Å². The van der Waals surface area contributed by atoms with Crippen molar-refractivity contribution >= 4 is 17.2 Å². The summed E-state index contributed by atoms with van der Waals surface area (Å²) in [6.45, 7) is 0.667. The van der Waals surface area contributed by atoms with E-state index in [9.17, 15) is 4.79 Å². The van der Waals surface area contributed by atoms with Gasteiger partial charge in [-0.3, -0.25) is 4.79 Å². The Labute approximate surface area is 157 Å². The van der Waals surface area contributed by atoms with Gasteiger partial charge in [-0.2, -0.15) is 0 Å². The number of aryl methyl sites for hydroxylation is 1. The van der Waals surface area contributed by atoms with E-state index in [1.165, 1.54) is 5.56 Å². The van der Waals surface area contributed by atoms with E-state index in [4.69, 9.17) is 4.74 Å². The van der Waals surface area contributed by atoms with Gasteiger partial charge in [0.25, 0.3) is 0 Å². The summed E-state index contributed by atoms with van der Waals surface area (Å²) >= 11 is 1.57. The molecule has 0 radical (unpaired) electrons. The summed E-state index contributed by atoms with van der Waals surface area (Å²) in [7, 11) is 1.66. The minimum atomic E-state index is 0.0182.